The van der Waals surface area contributed by atoms with E-state index in [4.69, 9.17) is 4.74 Å². The van der Waals surface area contributed by atoms with E-state index in [-0.39, 0.29) is 5.97 Å². The van der Waals surface area contributed by atoms with E-state index in [2.05, 4.69) is 13.8 Å². The van der Waals surface area contributed by atoms with Crippen LogP contribution in [0.25, 0.3) is 0 Å². The predicted octanol–water partition coefficient (Wildman–Crippen LogP) is 5.15. The zero-order valence-corrected chi connectivity index (χ0v) is 13.2. The van der Waals surface area contributed by atoms with Crippen molar-refractivity contribution < 1.29 is 9.53 Å². The van der Waals surface area contributed by atoms with Crippen molar-refractivity contribution >= 4 is 5.97 Å². The highest BCUT2D eigenvalue weighted by Crippen LogP contribution is 2.17. The summed E-state index contributed by atoms with van der Waals surface area (Å²) in [7, 11) is 0. The number of ether oxygens (including phenoxy) is 1. The second-order valence-electron chi connectivity index (χ2n) is 5.61. The van der Waals surface area contributed by atoms with Gasteiger partial charge in [-0.1, -0.05) is 57.2 Å². The van der Waals surface area contributed by atoms with Crippen LogP contribution in [0.1, 0.15) is 68.3 Å². The number of rotatable bonds is 9. The lowest BCUT2D eigenvalue weighted by molar-refractivity contribution is 0.0423. The van der Waals surface area contributed by atoms with Crippen LogP contribution in [-0.4, -0.2) is 12.6 Å². The Balaban J connectivity index is 2.41. The summed E-state index contributed by atoms with van der Waals surface area (Å²) >= 11 is 0. The molecule has 112 valence electrons. The van der Waals surface area contributed by atoms with Crippen molar-refractivity contribution in [2.24, 2.45) is 5.92 Å². The highest BCUT2D eigenvalue weighted by molar-refractivity contribution is 5.89. The first-order valence-corrected chi connectivity index (χ1v) is 7.91. The summed E-state index contributed by atoms with van der Waals surface area (Å²) in [5.41, 5.74) is 1.81. The molecule has 0 saturated carbocycles. The van der Waals surface area contributed by atoms with Gasteiger partial charge in [0.1, 0.15) is 0 Å². The predicted molar refractivity (Wildman–Crippen MR) is 84.0 cm³/mol. The van der Waals surface area contributed by atoms with Crippen LogP contribution < -0.4 is 0 Å². The van der Waals surface area contributed by atoms with Crippen LogP contribution in [0, 0.1) is 12.8 Å². The molecule has 0 amide bonds. The molecule has 1 aromatic carbocycles. The van der Waals surface area contributed by atoms with E-state index in [1.54, 1.807) is 0 Å². The molecule has 1 atom stereocenters. The quantitative estimate of drug-likeness (QED) is 0.460. The molecular formula is C18H28O2. The Morgan fingerprint density at radius 1 is 1.05 bits per heavy atom. The van der Waals surface area contributed by atoms with Crippen molar-refractivity contribution in [1.29, 1.82) is 0 Å². The van der Waals surface area contributed by atoms with E-state index < -0.39 is 0 Å². The van der Waals surface area contributed by atoms with Crippen molar-refractivity contribution in [1.82, 2.24) is 0 Å². The van der Waals surface area contributed by atoms with E-state index in [1.165, 1.54) is 25.7 Å². The molecule has 0 aliphatic rings. The Labute approximate surface area is 123 Å². The monoisotopic (exact) mass is 276 g/mol. The van der Waals surface area contributed by atoms with Gasteiger partial charge in [-0.2, -0.15) is 0 Å². The van der Waals surface area contributed by atoms with Gasteiger partial charge < -0.3 is 4.74 Å². The molecule has 0 unspecified atom stereocenters. The van der Waals surface area contributed by atoms with Crippen LogP contribution in [-0.2, 0) is 4.74 Å². The van der Waals surface area contributed by atoms with Crippen LogP contribution in [0.2, 0.25) is 0 Å². The van der Waals surface area contributed by atoms with Gasteiger partial charge in [-0.25, -0.2) is 4.79 Å². The van der Waals surface area contributed by atoms with Gasteiger partial charge >= 0.3 is 5.97 Å². The molecule has 0 bridgehead atoms. The lowest BCUT2D eigenvalue weighted by Gasteiger charge is -2.16. The van der Waals surface area contributed by atoms with E-state index in [0.29, 0.717) is 18.1 Å². The lowest BCUT2D eigenvalue weighted by Crippen LogP contribution is -2.14. The highest BCUT2D eigenvalue weighted by atomic mass is 16.5. The summed E-state index contributed by atoms with van der Waals surface area (Å²) in [6.45, 7) is 6.98. The third-order valence-corrected chi connectivity index (χ3v) is 3.65. The zero-order valence-electron chi connectivity index (χ0n) is 13.2. The van der Waals surface area contributed by atoms with E-state index in [1.807, 2.05) is 31.2 Å². The first kappa shape index (κ1) is 16.7. The van der Waals surface area contributed by atoms with Crippen molar-refractivity contribution in [3.63, 3.8) is 0 Å². The molecule has 0 saturated heterocycles. The Kier molecular flexibility index (Phi) is 8.01. The molecule has 2 nitrogen and oxygen atoms in total. The standard InChI is InChI=1S/C18H28O2/c1-4-6-7-9-16(8-5-2)14-20-18(19)17-12-10-15(3)11-13-17/h10-13,16H,4-9,14H2,1-3H3/t16-/m1/s1. The zero-order chi connectivity index (χ0) is 14.8. The SMILES string of the molecule is CCCCC[C@@H](CCC)COC(=O)c1ccc(C)cc1. The van der Waals surface area contributed by atoms with Crippen LogP contribution in [0.3, 0.4) is 0 Å². The number of unbranched alkanes of at least 4 members (excludes halogenated alkanes) is 2. The molecule has 0 N–H and O–H groups in total. The number of aryl methyl sites for hydroxylation is 1. The molecule has 0 radical (unpaired) electrons. The largest absolute Gasteiger partial charge is 0.462 e. The van der Waals surface area contributed by atoms with Gasteiger partial charge in [0.05, 0.1) is 12.2 Å². The summed E-state index contributed by atoms with van der Waals surface area (Å²) in [5, 5.41) is 0. The molecule has 0 aliphatic heterocycles. The smallest absolute Gasteiger partial charge is 0.338 e. The average molecular weight is 276 g/mol. The van der Waals surface area contributed by atoms with Crippen LogP contribution in [0.15, 0.2) is 24.3 Å². The first-order valence-electron chi connectivity index (χ1n) is 7.91. The molecule has 0 heterocycles. The van der Waals surface area contributed by atoms with E-state index in [0.717, 1.165) is 18.4 Å². The minimum absolute atomic E-state index is 0.193. The summed E-state index contributed by atoms with van der Waals surface area (Å²) < 4.78 is 5.47. The fourth-order valence-corrected chi connectivity index (χ4v) is 2.37. The fourth-order valence-electron chi connectivity index (χ4n) is 2.37. The molecule has 1 aromatic rings. The Morgan fingerprint density at radius 3 is 2.35 bits per heavy atom. The van der Waals surface area contributed by atoms with Crippen LogP contribution in [0.5, 0.6) is 0 Å². The van der Waals surface area contributed by atoms with Gasteiger partial charge in [0.25, 0.3) is 0 Å². The third-order valence-electron chi connectivity index (χ3n) is 3.65. The molecule has 2 heteroatoms. The maximum atomic E-state index is 12.0. The normalized spacial score (nSPS) is 12.2. The minimum Gasteiger partial charge on any atom is -0.462 e. The van der Waals surface area contributed by atoms with E-state index >= 15 is 0 Å². The summed E-state index contributed by atoms with van der Waals surface area (Å²) in [4.78, 5) is 12.0. The van der Waals surface area contributed by atoms with Gasteiger partial charge in [0.2, 0.25) is 0 Å². The molecule has 0 fully saturated rings. The fraction of sp³-hybridized carbons (Fsp3) is 0.611. The van der Waals surface area contributed by atoms with Crippen LogP contribution in [0.4, 0.5) is 0 Å². The topological polar surface area (TPSA) is 26.3 Å². The van der Waals surface area contributed by atoms with E-state index in [9.17, 15) is 4.79 Å². The van der Waals surface area contributed by atoms with Crippen molar-refractivity contribution in [3.05, 3.63) is 35.4 Å². The number of carbonyl (C=O) groups is 1. The molecule has 0 aromatic heterocycles. The summed E-state index contributed by atoms with van der Waals surface area (Å²) in [6.07, 6.45) is 7.21. The Hall–Kier alpha value is -1.31. The van der Waals surface area contributed by atoms with Gasteiger partial charge in [-0.3, -0.25) is 0 Å². The Morgan fingerprint density at radius 2 is 1.75 bits per heavy atom. The molecule has 0 spiro atoms. The number of hydrogen-bond acceptors (Lipinski definition) is 2. The Bertz CT molecular complexity index is 381. The molecule has 0 aliphatic carbocycles. The number of carbonyl (C=O) groups excluding carboxylic acids is 1. The number of benzene rings is 1. The van der Waals surface area contributed by atoms with Crippen molar-refractivity contribution in [2.75, 3.05) is 6.61 Å². The molecular weight excluding hydrogens is 248 g/mol. The highest BCUT2D eigenvalue weighted by Gasteiger charge is 2.12. The number of esters is 1. The molecule has 1 rings (SSSR count). The third kappa shape index (κ3) is 6.23. The first-order chi connectivity index (χ1) is 9.67. The second-order valence-corrected chi connectivity index (χ2v) is 5.61. The summed E-state index contributed by atoms with van der Waals surface area (Å²) in [5.74, 6) is 0.322. The average Bonchev–Trinajstić information content (AvgIpc) is 2.45. The minimum atomic E-state index is -0.193. The van der Waals surface area contributed by atoms with Crippen molar-refractivity contribution in [2.45, 2.75) is 59.3 Å². The number of hydrogen-bond donors (Lipinski definition) is 0. The van der Waals surface area contributed by atoms with Gasteiger partial charge in [-0.15, -0.1) is 0 Å². The maximum absolute atomic E-state index is 12.0. The van der Waals surface area contributed by atoms with Gasteiger partial charge in [0.15, 0.2) is 0 Å². The van der Waals surface area contributed by atoms with Gasteiger partial charge in [0, 0.05) is 0 Å². The summed E-state index contributed by atoms with van der Waals surface area (Å²) in [6, 6.07) is 7.57. The maximum Gasteiger partial charge on any atom is 0.338 e. The van der Waals surface area contributed by atoms with Crippen LogP contribution >= 0.6 is 0 Å². The second kappa shape index (κ2) is 9.57. The van der Waals surface area contributed by atoms with Gasteiger partial charge in [-0.05, 0) is 37.8 Å². The lowest BCUT2D eigenvalue weighted by atomic mass is 9.97. The molecule has 20 heavy (non-hydrogen) atoms. The van der Waals surface area contributed by atoms with Crippen molar-refractivity contribution in [3.8, 4) is 0 Å².